The van der Waals surface area contributed by atoms with Crippen molar-refractivity contribution in [1.29, 1.82) is 0 Å². The number of amides is 1. The van der Waals surface area contributed by atoms with Gasteiger partial charge in [-0.1, -0.05) is 28.4 Å². The number of carbonyl (C=O) groups excluding carboxylic acids is 1. The van der Waals surface area contributed by atoms with Gasteiger partial charge in [-0.2, -0.15) is 4.98 Å². The maximum atomic E-state index is 12.1. The van der Waals surface area contributed by atoms with Crippen LogP contribution in [-0.2, 0) is 4.74 Å². The first kappa shape index (κ1) is 17.7. The second-order valence-electron chi connectivity index (χ2n) is 5.29. The van der Waals surface area contributed by atoms with Gasteiger partial charge in [0.05, 0.1) is 34.4 Å². The third-order valence-electron chi connectivity index (χ3n) is 3.46. The predicted octanol–water partition coefficient (Wildman–Crippen LogP) is 2.51. The normalized spacial score (nSPS) is 16.8. The lowest BCUT2D eigenvalue weighted by atomic mass is 10.2. The Morgan fingerprint density at radius 2 is 2.16 bits per heavy atom. The van der Waals surface area contributed by atoms with Crippen molar-refractivity contribution in [3.8, 4) is 11.5 Å². The number of hydrogen-bond acceptors (Lipinski definition) is 6. The van der Waals surface area contributed by atoms with E-state index in [1.165, 1.54) is 4.90 Å². The second kappa shape index (κ2) is 7.03. The Morgan fingerprint density at radius 1 is 1.48 bits per heavy atom. The number of nitrogens with zero attached hydrogens (tertiary/aromatic N) is 3. The van der Waals surface area contributed by atoms with Crippen molar-refractivity contribution in [1.82, 2.24) is 15.5 Å². The third-order valence-corrected chi connectivity index (χ3v) is 4.20. The Bertz CT molecular complexity index is 821. The summed E-state index contributed by atoms with van der Waals surface area (Å²) in [5.41, 5.74) is 6.28. The number of nitrogens with two attached hydrogens (primary N) is 1. The highest BCUT2D eigenvalue weighted by Crippen LogP contribution is 2.38. The van der Waals surface area contributed by atoms with Crippen LogP contribution >= 0.6 is 35.4 Å². The van der Waals surface area contributed by atoms with Crippen LogP contribution in [-0.4, -0.2) is 40.5 Å². The Balaban J connectivity index is 1.84. The van der Waals surface area contributed by atoms with Crippen LogP contribution in [0.3, 0.4) is 0 Å². The molecule has 1 aliphatic rings. The molecule has 1 saturated heterocycles. The maximum Gasteiger partial charge on any atom is 0.414 e. The van der Waals surface area contributed by atoms with Crippen LogP contribution in [0.4, 0.5) is 10.5 Å². The number of anilines is 1. The number of nitrogens with one attached hydrogen (secondary N) is 1. The zero-order valence-corrected chi connectivity index (χ0v) is 15.3. The first-order chi connectivity index (χ1) is 11.8. The number of hydrogen-bond donors (Lipinski definition) is 2. The fraction of sp³-hybridized carbons (Fsp3) is 0.286. The lowest BCUT2D eigenvalue weighted by molar-refractivity contribution is 0.143. The highest BCUT2D eigenvalue weighted by Gasteiger charge is 2.33. The van der Waals surface area contributed by atoms with E-state index in [0.717, 1.165) is 0 Å². The highest BCUT2D eigenvalue weighted by atomic mass is 35.5. The lowest BCUT2D eigenvalue weighted by Crippen LogP contribution is -2.37. The van der Waals surface area contributed by atoms with Gasteiger partial charge in [0.25, 0.3) is 5.89 Å². The van der Waals surface area contributed by atoms with Gasteiger partial charge in [0.15, 0.2) is 10.9 Å². The molecule has 8 nitrogen and oxygen atoms in total. The number of cyclic esters (lactones) is 1. The number of aromatic nitrogens is 2. The Hall–Kier alpha value is -2.10. The minimum atomic E-state index is -0.511. The smallest absolute Gasteiger partial charge is 0.414 e. The number of ether oxygens (including phenoxy) is 1. The van der Waals surface area contributed by atoms with Gasteiger partial charge in [0, 0.05) is 0 Å². The SMILES string of the molecule is Cc1noc(-c2c(Cl)cc(N3CC(CNC(N)=S)OC3=O)cc2Cl)n1. The molecular formula is C14H13Cl2N5O3S. The molecule has 0 bridgehead atoms. The Kier molecular flexibility index (Phi) is 4.98. The summed E-state index contributed by atoms with van der Waals surface area (Å²) in [4.78, 5) is 17.6. The van der Waals surface area contributed by atoms with Crippen LogP contribution in [0.1, 0.15) is 5.82 Å². The van der Waals surface area contributed by atoms with Gasteiger partial charge in [0.2, 0.25) is 0 Å². The molecule has 2 heterocycles. The first-order valence-electron chi connectivity index (χ1n) is 7.16. The summed E-state index contributed by atoms with van der Waals surface area (Å²) in [5.74, 6) is 0.670. The van der Waals surface area contributed by atoms with E-state index in [0.29, 0.717) is 30.2 Å². The van der Waals surface area contributed by atoms with Crippen molar-refractivity contribution in [2.75, 3.05) is 18.0 Å². The standard InChI is InChI=1S/C14H13Cl2N5O3S/c1-6-19-12(24-20-6)11-9(15)2-7(3-10(11)16)21-5-8(23-14(21)22)4-18-13(17)25/h2-3,8H,4-5H2,1H3,(H3,17,18,25). The molecule has 1 unspecified atom stereocenters. The average molecular weight is 402 g/mol. The Labute approximate surface area is 158 Å². The van der Waals surface area contributed by atoms with Crippen LogP contribution in [0.15, 0.2) is 16.7 Å². The minimum Gasteiger partial charge on any atom is -0.442 e. The molecule has 0 saturated carbocycles. The number of rotatable bonds is 4. The number of halogens is 2. The zero-order chi connectivity index (χ0) is 18.1. The first-order valence-corrected chi connectivity index (χ1v) is 8.32. The van der Waals surface area contributed by atoms with E-state index in [9.17, 15) is 4.79 Å². The van der Waals surface area contributed by atoms with Crippen LogP contribution < -0.4 is 16.0 Å². The number of aryl methyl sites for hydroxylation is 1. The largest absolute Gasteiger partial charge is 0.442 e. The summed E-state index contributed by atoms with van der Waals surface area (Å²) >= 11 is 17.4. The summed E-state index contributed by atoms with van der Waals surface area (Å²) in [6.45, 7) is 2.31. The predicted molar refractivity (Wildman–Crippen MR) is 96.9 cm³/mol. The second-order valence-corrected chi connectivity index (χ2v) is 6.55. The molecule has 1 aliphatic heterocycles. The molecule has 3 N–H and O–H groups in total. The molecule has 11 heteroatoms. The van der Waals surface area contributed by atoms with Gasteiger partial charge in [-0.15, -0.1) is 0 Å². The molecule has 1 aromatic carbocycles. The van der Waals surface area contributed by atoms with Gasteiger partial charge < -0.3 is 20.3 Å². The van der Waals surface area contributed by atoms with Crippen molar-refractivity contribution in [3.63, 3.8) is 0 Å². The van der Waals surface area contributed by atoms with E-state index in [1.54, 1.807) is 19.1 Å². The zero-order valence-electron chi connectivity index (χ0n) is 13.0. The summed E-state index contributed by atoms with van der Waals surface area (Å²) < 4.78 is 10.4. The van der Waals surface area contributed by atoms with E-state index in [4.69, 9.17) is 50.4 Å². The molecule has 132 valence electrons. The van der Waals surface area contributed by atoms with Gasteiger partial charge in [-0.05, 0) is 31.3 Å². The molecule has 1 amide bonds. The fourth-order valence-electron chi connectivity index (χ4n) is 2.37. The van der Waals surface area contributed by atoms with Crippen molar-refractivity contribution in [2.24, 2.45) is 5.73 Å². The summed E-state index contributed by atoms with van der Waals surface area (Å²) in [6, 6.07) is 3.18. The van der Waals surface area contributed by atoms with E-state index >= 15 is 0 Å². The molecule has 0 radical (unpaired) electrons. The third kappa shape index (κ3) is 3.78. The van der Waals surface area contributed by atoms with Crippen molar-refractivity contribution in [3.05, 3.63) is 28.0 Å². The van der Waals surface area contributed by atoms with E-state index in [1.807, 2.05) is 0 Å². The molecule has 0 spiro atoms. The van der Waals surface area contributed by atoms with Gasteiger partial charge in [-0.3, -0.25) is 4.90 Å². The topological polar surface area (TPSA) is 107 Å². The highest BCUT2D eigenvalue weighted by molar-refractivity contribution is 7.80. The van der Waals surface area contributed by atoms with Gasteiger partial charge in [-0.25, -0.2) is 4.79 Å². The molecular weight excluding hydrogens is 389 g/mol. The van der Waals surface area contributed by atoms with E-state index < -0.39 is 12.2 Å². The Morgan fingerprint density at radius 3 is 2.72 bits per heavy atom. The molecule has 2 aromatic rings. The molecule has 1 aromatic heterocycles. The molecule has 1 fully saturated rings. The molecule has 25 heavy (non-hydrogen) atoms. The molecule has 0 aliphatic carbocycles. The van der Waals surface area contributed by atoms with Gasteiger partial charge >= 0.3 is 6.09 Å². The van der Waals surface area contributed by atoms with Crippen LogP contribution in [0.25, 0.3) is 11.5 Å². The van der Waals surface area contributed by atoms with Crippen LogP contribution in [0.2, 0.25) is 10.0 Å². The quantitative estimate of drug-likeness (QED) is 0.752. The average Bonchev–Trinajstić information content (AvgIpc) is 3.10. The molecule has 1 atom stereocenters. The van der Waals surface area contributed by atoms with Crippen molar-refractivity contribution < 1.29 is 14.1 Å². The van der Waals surface area contributed by atoms with E-state index in [-0.39, 0.29) is 21.0 Å². The monoisotopic (exact) mass is 401 g/mol. The number of thiocarbonyl (C=S) groups is 1. The molecule has 3 rings (SSSR count). The number of carbonyl (C=O) groups is 1. The van der Waals surface area contributed by atoms with Crippen LogP contribution in [0, 0.1) is 6.92 Å². The summed E-state index contributed by atoms with van der Waals surface area (Å²) in [5, 5.41) is 7.18. The van der Waals surface area contributed by atoms with Gasteiger partial charge in [0.1, 0.15) is 6.10 Å². The van der Waals surface area contributed by atoms with Crippen molar-refractivity contribution >= 4 is 52.3 Å². The van der Waals surface area contributed by atoms with Crippen LogP contribution in [0.5, 0.6) is 0 Å². The van der Waals surface area contributed by atoms with Crippen molar-refractivity contribution in [2.45, 2.75) is 13.0 Å². The lowest BCUT2D eigenvalue weighted by Gasteiger charge is -2.15. The maximum absolute atomic E-state index is 12.1. The number of benzene rings is 1. The fourth-order valence-corrected chi connectivity index (χ4v) is 3.09. The minimum absolute atomic E-state index is 0.139. The summed E-state index contributed by atoms with van der Waals surface area (Å²) in [7, 11) is 0. The van der Waals surface area contributed by atoms with E-state index in [2.05, 4.69) is 15.5 Å². The summed E-state index contributed by atoms with van der Waals surface area (Å²) in [6.07, 6.45) is -0.909.